The van der Waals surface area contributed by atoms with Crippen LogP contribution in [0.25, 0.3) is 0 Å². The summed E-state index contributed by atoms with van der Waals surface area (Å²) in [5.74, 6) is -1.05. The Morgan fingerprint density at radius 2 is 2.11 bits per heavy atom. The zero-order valence-electron chi connectivity index (χ0n) is 11.5. The molecule has 2 amide bonds. The summed E-state index contributed by atoms with van der Waals surface area (Å²) in [6.45, 7) is 4.12. The van der Waals surface area contributed by atoms with Gasteiger partial charge >= 0.3 is 12.0 Å². The lowest BCUT2D eigenvalue weighted by atomic mass is 10.1. The minimum Gasteiger partial charge on any atom is -0.481 e. The molecule has 1 fully saturated rings. The second-order valence-corrected chi connectivity index (χ2v) is 5.24. The summed E-state index contributed by atoms with van der Waals surface area (Å²) in [6, 6.07) is 0.133. The normalized spacial score (nSPS) is 24.6. The first-order chi connectivity index (χ1) is 8.45. The van der Waals surface area contributed by atoms with Crippen LogP contribution < -0.4 is 5.32 Å². The van der Waals surface area contributed by atoms with Crippen LogP contribution in [0.2, 0.25) is 0 Å². The number of rotatable bonds is 5. The van der Waals surface area contributed by atoms with Crippen molar-refractivity contribution in [2.75, 3.05) is 7.05 Å². The van der Waals surface area contributed by atoms with E-state index in [1.54, 1.807) is 11.9 Å². The lowest BCUT2D eigenvalue weighted by molar-refractivity contribution is -0.141. The molecule has 0 aromatic rings. The number of carbonyl (C=O) groups is 2. The van der Waals surface area contributed by atoms with E-state index in [0.717, 1.165) is 19.3 Å². The first-order valence-electron chi connectivity index (χ1n) is 6.71. The average molecular weight is 256 g/mol. The van der Waals surface area contributed by atoms with Crippen molar-refractivity contribution in [3.8, 4) is 0 Å². The van der Waals surface area contributed by atoms with Crippen molar-refractivity contribution in [3.05, 3.63) is 0 Å². The van der Waals surface area contributed by atoms with E-state index in [2.05, 4.69) is 12.2 Å². The molecule has 5 heteroatoms. The predicted octanol–water partition coefficient (Wildman–Crippen LogP) is 2.07. The molecule has 5 nitrogen and oxygen atoms in total. The lowest BCUT2D eigenvalue weighted by Crippen LogP contribution is -2.45. The predicted molar refractivity (Wildman–Crippen MR) is 69.4 cm³/mol. The number of hydrogen-bond acceptors (Lipinski definition) is 2. The van der Waals surface area contributed by atoms with Crippen LogP contribution >= 0.6 is 0 Å². The van der Waals surface area contributed by atoms with Crippen LogP contribution in [0.4, 0.5) is 4.79 Å². The maximum absolute atomic E-state index is 12.0. The van der Waals surface area contributed by atoms with E-state index < -0.39 is 5.97 Å². The van der Waals surface area contributed by atoms with E-state index in [0.29, 0.717) is 12.8 Å². The maximum Gasteiger partial charge on any atom is 0.317 e. The summed E-state index contributed by atoms with van der Waals surface area (Å²) in [4.78, 5) is 24.5. The number of carboxylic acid groups (broad SMARTS) is 1. The van der Waals surface area contributed by atoms with Crippen molar-refractivity contribution in [3.63, 3.8) is 0 Å². The number of nitrogens with one attached hydrogen (secondary N) is 1. The fourth-order valence-corrected chi connectivity index (χ4v) is 2.42. The molecule has 104 valence electrons. The van der Waals surface area contributed by atoms with Gasteiger partial charge in [-0.25, -0.2) is 4.79 Å². The van der Waals surface area contributed by atoms with E-state index in [9.17, 15) is 9.59 Å². The summed E-state index contributed by atoms with van der Waals surface area (Å²) in [5, 5.41) is 11.8. The highest BCUT2D eigenvalue weighted by Gasteiger charge is 2.31. The smallest absolute Gasteiger partial charge is 0.317 e. The minimum absolute atomic E-state index is 0.00914. The van der Waals surface area contributed by atoms with Gasteiger partial charge in [0.05, 0.1) is 5.92 Å². The third-order valence-corrected chi connectivity index (χ3v) is 3.80. The molecule has 2 N–H and O–H groups in total. The van der Waals surface area contributed by atoms with E-state index in [1.165, 1.54) is 0 Å². The number of hydrogen-bond donors (Lipinski definition) is 2. The molecule has 0 heterocycles. The van der Waals surface area contributed by atoms with E-state index >= 15 is 0 Å². The topological polar surface area (TPSA) is 69.6 Å². The molecule has 3 atom stereocenters. The fourth-order valence-electron chi connectivity index (χ4n) is 2.42. The molecule has 0 aromatic carbocycles. The molecule has 1 saturated carbocycles. The van der Waals surface area contributed by atoms with E-state index in [4.69, 9.17) is 5.11 Å². The number of urea groups is 1. The second-order valence-electron chi connectivity index (χ2n) is 5.24. The highest BCUT2D eigenvalue weighted by molar-refractivity contribution is 5.75. The quantitative estimate of drug-likeness (QED) is 0.791. The fraction of sp³-hybridized carbons (Fsp3) is 0.846. The van der Waals surface area contributed by atoms with Crippen molar-refractivity contribution in [1.29, 1.82) is 0 Å². The van der Waals surface area contributed by atoms with Gasteiger partial charge in [-0.2, -0.15) is 0 Å². The molecule has 0 spiro atoms. The Labute approximate surface area is 109 Å². The summed E-state index contributed by atoms with van der Waals surface area (Å²) in [7, 11) is 1.79. The Bertz CT molecular complexity index is 307. The zero-order valence-corrected chi connectivity index (χ0v) is 11.5. The molecule has 3 unspecified atom stereocenters. The largest absolute Gasteiger partial charge is 0.481 e. The molecule has 0 aliphatic heterocycles. The van der Waals surface area contributed by atoms with Crippen molar-refractivity contribution in [2.45, 2.75) is 58.0 Å². The summed E-state index contributed by atoms with van der Waals surface area (Å²) in [6.07, 6.45) is 4.00. The Morgan fingerprint density at radius 1 is 1.44 bits per heavy atom. The van der Waals surface area contributed by atoms with Crippen molar-refractivity contribution in [2.24, 2.45) is 5.92 Å². The van der Waals surface area contributed by atoms with Gasteiger partial charge in [0.2, 0.25) is 0 Å². The van der Waals surface area contributed by atoms with E-state index in [-0.39, 0.29) is 24.0 Å². The Morgan fingerprint density at radius 3 is 2.61 bits per heavy atom. The molecule has 0 saturated heterocycles. The number of nitrogens with zero attached hydrogens (tertiary/aromatic N) is 1. The van der Waals surface area contributed by atoms with Gasteiger partial charge in [0, 0.05) is 19.1 Å². The molecular weight excluding hydrogens is 232 g/mol. The molecular formula is C13H24N2O3. The Kier molecular flexibility index (Phi) is 5.44. The SMILES string of the molecule is CCCC(C)N(C)C(=O)NC1CCC(C(=O)O)C1. The number of carbonyl (C=O) groups excluding carboxylic acids is 1. The Balaban J connectivity index is 2.39. The molecule has 0 bridgehead atoms. The molecule has 1 aliphatic rings. The number of amides is 2. The highest BCUT2D eigenvalue weighted by Crippen LogP contribution is 2.25. The van der Waals surface area contributed by atoms with Gasteiger partial charge in [-0.3, -0.25) is 4.79 Å². The van der Waals surface area contributed by atoms with Crippen LogP contribution in [0.15, 0.2) is 0 Å². The summed E-state index contributed by atoms with van der Waals surface area (Å²) in [5.41, 5.74) is 0. The molecule has 0 aromatic heterocycles. The van der Waals surface area contributed by atoms with Crippen molar-refractivity contribution < 1.29 is 14.7 Å². The van der Waals surface area contributed by atoms with Gasteiger partial charge in [-0.15, -0.1) is 0 Å². The van der Waals surface area contributed by atoms with Crippen LogP contribution in [-0.4, -0.2) is 41.1 Å². The monoisotopic (exact) mass is 256 g/mol. The lowest BCUT2D eigenvalue weighted by Gasteiger charge is -2.26. The van der Waals surface area contributed by atoms with Gasteiger partial charge in [0.15, 0.2) is 0 Å². The molecule has 0 radical (unpaired) electrons. The zero-order chi connectivity index (χ0) is 13.7. The van der Waals surface area contributed by atoms with Crippen LogP contribution in [0.3, 0.4) is 0 Å². The first kappa shape index (κ1) is 14.8. The summed E-state index contributed by atoms with van der Waals surface area (Å²) < 4.78 is 0. The number of carboxylic acids is 1. The standard InChI is InChI=1S/C13H24N2O3/c1-4-5-9(2)15(3)13(18)14-11-7-6-10(8-11)12(16)17/h9-11H,4-8H2,1-3H3,(H,14,18)(H,16,17). The van der Waals surface area contributed by atoms with Crippen molar-refractivity contribution in [1.82, 2.24) is 10.2 Å². The minimum atomic E-state index is -0.751. The van der Waals surface area contributed by atoms with Gasteiger partial charge < -0.3 is 15.3 Å². The highest BCUT2D eigenvalue weighted by atomic mass is 16.4. The summed E-state index contributed by atoms with van der Waals surface area (Å²) >= 11 is 0. The molecule has 1 aliphatic carbocycles. The van der Waals surface area contributed by atoms with Crippen LogP contribution in [0, 0.1) is 5.92 Å². The van der Waals surface area contributed by atoms with Gasteiger partial charge in [-0.05, 0) is 32.6 Å². The second kappa shape index (κ2) is 6.61. The maximum atomic E-state index is 12.0. The average Bonchev–Trinajstić information content (AvgIpc) is 2.77. The number of aliphatic carboxylic acids is 1. The van der Waals surface area contributed by atoms with Crippen LogP contribution in [-0.2, 0) is 4.79 Å². The van der Waals surface area contributed by atoms with Crippen LogP contribution in [0.5, 0.6) is 0 Å². The Hall–Kier alpha value is -1.26. The van der Waals surface area contributed by atoms with Gasteiger partial charge in [-0.1, -0.05) is 13.3 Å². The third kappa shape index (κ3) is 3.89. The van der Waals surface area contributed by atoms with E-state index in [1.807, 2.05) is 6.92 Å². The van der Waals surface area contributed by atoms with Gasteiger partial charge in [0.25, 0.3) is 0 Å². The van der Waals surface area contributed by atoms with Crippen LogP contribution in [0.1, 0.15) is 46.0 Å². The third-order valence-electron chi connectivity index (χ3n) is 3.80. The van der Waals surface area contributed by atoms with Gasteiger partial charge in [0.1, 0.15) is 0 Å². The molecule has 18 heavy (non-hydrogen) atoms. The molecule has 1 rings (SSSR count). The van der Waals surface area contributed by atoms with Crippen molar-refractivity contribution >= 4 is 12.0 Å². The first-order valence-corrected chi connectivity index (χ1v) is 6.71.